The summed E-state index contributed by atoms with van der Waals surface area (Å²) in [5.74, 6) is 0.144. The molecule has 1 aliphatic rings. The predicted octanol–water partition coefficient (Wildman–Crippen LogP) is 4.04. The lowest BCUT2D eigenvalue weighted by atomic mass is 10.0. The van der Waals surface area contributed by atoms with E-state index in [1.807, 2.05) is 19.1 Å². The topological polar surface area (TPSA) is 46.6 Å². The SMILES string of the molecule is Cc1ccc(C(=O)CN2C(=O)C(C)(C)Oc3ccc(Cl)cc32)cc1. The number of nitrogens with zero attached hydrogens (tertiary/aromatic N) is 1. The highest BCUT2D eigenvalue weighted by molar-refractivity contribution is 6.31. The molecule has 4 nitrogen and oxygen atoms in total. The van der Waals surface area contributed by atoms with Crippen molar-refractivity contribution in [3.8, 4) is 5.75 Å². The van der Waals surface area contributed by atoms with Crippen LogP contribution in [0.3, 0.4) is 0 Å². The molecule has 1 aliphatic heterocycles. The van der Waals surface area contributed by atoms with Gasteiger partial charge in [0.25, 0.3) is 5.91 Å². The lowest BCUT2D eigenvalue weighted by Gasteiger charge is -2.38. The first kappa shape index (κ1) is 16.5. The number of ketones is 1. The Balaban J connectivity index is 1.96. The van der Waals surface area contributed by atoms with Crippen LogP contribution in [0.4, 0.5) is 5.69 Å². The Morgan fingerprint density at radius 2 is 1.83 bits per heavy atom. The summed E-state index contributed by atoms with van der Waals surface area (Å²) in [6.45, 7) is 5.29. The van der Waals surface area contributed by atoms with Gasteiger partial charge in [-0.25, -0.2) is 0 Å². The third-order valence-electron chi connectivity index (χ3n) is 4.01. The number of carbonyl (C=O) groups excluding carboxylic acids is 2. The summed E-state index contributed by atoms with van der Waals surface area (Å²) in [5, 5.41) is 0.484. The molecule has 1 amide bonds. The van der Waals surface area contributed by atoms with E-state index in [0.717, 1.165) is 5.56 Å². The maximum absolute atomic E-state index is 12.7. The van der Waals surface area contributed by atoms with E-state index in [2.05, 4.69) is 0 Å². The Kier molecular flexibility index (Phi) is 4.10. The summed E-state index contributed by atoms with van der Waals surface area (Å²) in [6.07, 6.45) is 0. The molecule has 0 unspecified atom stereocenters. The first-order valence-corrected chi connectivity index (χ1v) is 8.06. The molecule has 0 fully saturated rings. The van der Waals surface area contributed by atoms with Crippen LogP contribution in [0.2, 0.25) is 5.02 Å². The van der Waals surface area contributed by atoms with Gasteiger partial charge in [0.1, 0.15) is 5.75 Å². The number of benzene rings is 2. The average Bonchev–Trinajstić information content (AvgIpc) is 2.53. The Morgan fingerprint density at radius 3 is 2.50 bits per heavy atom. The molecule has 5 heteroatoms. The normalized spacial score (nSPS) is 15.7. The van der Waals surface area contributed by atoms with Crippen molar-refractivity contribution in [2.75, 3.05) is 11.4 Å². The van der Waals surface area contributed by atoms with E-state index in [4.69, 9.17) is 16.3 Å². The van der Waals surface area contributed by atoms with E-state index in [1.54, 1.807) is 44.2 Å². The van der Waals surface area contributed by atoms with Gasteiger partial charge in [-0.2, -0.15) is 0 Å². The largest absolute Gasteiger partial charge is 0.476 e. The minimum Gasteiger partial charge on any atom is -0.476 e. The van der Waals surface area contributed by atoms with Gasteiger partial charge in [-0.1, -0.05) is 41.4 Å². The van der Waals surface area contributed by atoms with Crippen molar-refractivity contribution < 1.29 is 14.3 Å². The minimum absolute atomic E-state index is 0.0535. The second kappa shape index (κ2) is 5.95. The Hall–Kier alpha value is -2.33. The summed E-state index contributed by atoms with van der Waals surface area (Å²) in [7, 11) is 0. The second-order valence-electron chi connectivity index (χ2n) is 6.40. The lowest BCUT2D eigenvalue weighted by Crippen LogP contribution is -2.53. The molecule has 0 saturated heterocycles. The van der Waals surface area contributed by atoms with Crippen molar-refractivity contribution in [3.63, 3.8) is 0 Å². The zero-order chi connectivity index (χ0) is 17.5. The molecule has 1 heterocycles. The smallest absolute Gasteiger partial charge is 0.271 e. The Labute approximate surface area is 146 Å². The first-order chi connectivity index (χ1) is 11.3. The van der Waals surface area contributed by atoms with Crippen LogP contribution in [0.15, 0.2) is 42.5 Å². The van der Waals surface area contributed by atoms with E-state index in [0.29, 0.717) is 22.0 Å². The van der Waals surface area contributed by atoms with E-state index >= 15 is 0 Å². The van der Waals surface area contributed by atoms with Gasteiger partial charge in [-0.3, -0.25) is 14.5 Å². The molecule has 2 aromatic carbocycles. The standard InChI is InChI=1S/C19H18ClNO3/c1-12-4-6-13(7-5-12)16(22)11-21-15-10-14(20)8-9-17(15)24-19(2,3)18(21)23/h4-10H,11H2,1-3H3. The van der Waals surface area contributed by atoms with Gasteiger partial charge >= 0.3 is 0 Å². The molecule has 2 aromatic rings. The molecule has 0 aliphatic carbocycles. The van der Waals surface area contributed by atoms with Crippen molar-refractivity contribution in [3.05, 3.63) is 58.6 Å². The van der Waals surface area contributed by atoms with Crippen LogP contribution in [0, 0.1) is 6.92 Å². The molecule has 0 radical (unpaired) electrons. The van der Waals surface area contributed by atoms with Gasteiger partial charge in [-0.15, -0.1) is 0 Å². The second-order valence-corrected chi connectivity index (χ2v) is 6.84. The van der Waals surface area contributed by atoms with Crippen molar-refractivity contribution >= 4 is 29.0 Å². The number of hydrogen-bond acceptors (Lipinski definition) is 3. The van der Waals surface area contributed by atoms with Crippen LogP contribution in [0.25, 0.3) is 0 Å². The van der Waals surface area contributed by atoms with Crippen LogP contribution >= 0.6 is 11.6 Å². The van der Waals surface area contributed by atoms with Crippen LogP contribution in [0.1, 0.15) is 29.8 Å². The van der Waals surface area contributed by atoms with E-state index in [-0.39, 0.29) is 18.2 Å². The van der Waals surface area contributed by atoms with Crippen molar-refractivity contribution in [1.29, 1.82) is 0 Å². The number of aryl methyl sites for hydroxylation is 1. The number of fused-ring (bicyclic) bond motifs is 1. The van der Waals surface area contributed by atoms with Gasteiger partial charge in [0.2, 0.25) is 0 Å². The summed E-state index contributed by atoms with van der Waals surface area (Å²) in [6, 6.07) is 12.4. The molecule has 0 atom stereocenters. The number of carbonyl (C=O) groups is 2. The molecular weight excluding hydrogens is 326 g/mol. The van der Waals surface area contributed by atoms with Gasteiger partial charge in [0, 0.05) is 10.6 Å². The van der Waals surface area contributed by atoms with Crippen LogP contribution in [-0.2, 0) is 4.79 Å². The van der Waals surface area contributed by atoms with Crippen LogP contribution in [0.5, 0.6) is 5.75 Å². The number of hydrogen-bond donors (Lipinski definition) is 0. The third kappa shape index (κ3) is 3.02. The molecule has 0 spiro atoms. The van der Waals surface area contributed by atoms with Crippen molar-refractivity contribution in [2.24, 2.45) is 0 Å². The number of rotatable bonds is 3. The van der Waals surface area contributed by atoms with E-state index in [1.165, 1.54) is 4.90 Å². The molecule has 3 rings (SSSR count). The highest BCUT2D eigenvalue weighted by Crippen LogP contribution is 2.39. The molecule has 0 aromatic heterocycles. The number of halogens is 1. The minimum atomic E-state index is -1.03. The monoisotopic (exact) mass is 343 g/mol. The zero-order valence-electron chi connectivity index (χ0n) is 13.8. The fourth-order valence-corrected chi connectivity index (χ4v) is 2.84. The Bertz CT molecular complexity index is 812. The number of amides is 1. The lowest BCUT2D eigenvalue weighted by molar-refractivity contribution is -0.132. The highest BCUT2D eigenvalue weighted by Gasteiger charge is 2.41. The van der Waals surface area contributed by atoms with E-state index < -0.39 is 5.60 Å². The predicted molar refractivity (Wildman–Crippen MR) is 94.0 cm³/mol. The fraction of sp³-hybridized carbons (Fsp3) is 0.263. The summed E-state index contributed by atoms with van der Waals surface area (Å²) in [5.41, 5.74) is 1.13. The van der Waals surface area contributed by atoms with Crippen LogP contribution in [-0.4, -0.2) is 23.8 Å². The number of anilines is 1. The van der Waals surface area contributed by atoms with Gasteiger partial charge in [-0.05, 0) is 39.0 Å². The van der Waals surface area contributed by atoms with Crippen LogP contribution < -0.4 is 9.64 Å². The molecule has 24 heavy (non-hydrogen) atoms. The third-order valence-corrected chi connectivity index (χ3v) is 4.25. The maximum Gasteiger partial charge on any atom is 0.271 e. The number of ether oxygens (including phenoxy) is 1. The maximum atomic E-state index is 12.7. The van der Waals surface area contributed by atoms with Crippen molar-refractivity contribution in [2.45, 2.75) is 26.4 Å². The molecule has 0 N–H and O–H groups in total. The van der Waals surface area contributed by atoms with Crippen molar-refractivity contribution in [1.82, 2.24) is 0 Å². The summed E-state index contributed by atoms with van der Waals surface area (Å²) >= 11 is 6.05. The average molecular weight is 344 g/mol. The molecule has 0 saturated carbocycles. The van der Waals surface area contributed by atoms with Gasteiger partial charge < -0.3 is 4.74 Å². The fourth-order valence-electron chi connectivity index (χ4n) is 2.67. The quantitative estimate of drug-likeness (QED) is 0.790. The molecule has 0 bridgehead atoms. The molecular formula is C19H18ClNO3. The first-order valence-electron chi connectivity index (χ1n) is 7.68. The summed E-state index contributed by atoms with van der Waals surface area (Å²) < 4.78 is 5.76. The highest BCUT2D eigenvalue weighted by atomic mass is 35.5. The van der Waals surface area contributed by atoms with Gasteiger partial charge in [0.15, 0.2) is 11.4 Å². The summed E-state index contributed by atoms with van der Waals surface area (Å²) in [4.78, 5) is 26.8. The molecule has 124 valence electrons. The Morgan fingerprint density at radius 1 is 1.17 bits per heavy atom. The van der Waals surface area contributed by atoms with E-state index in [9.17, 15) is 9.59 Å². The zero-order valence-corrected chi connectivity index (χ0v) is 14.6. The van der Waals surface area contributed by atoms with Gasteiger partial charge in [0.05, 0.1) is 12.2 Å². The number of Topliss-reactive ketones (excluding diaryl/α,β-unsaturated/α-hetero) is 1.